The molecule has 3 nitrogen and oxygen atoms in total. The van der Waals surface area contributed by atoms with Gasteiger partial charge in [0.05, 0.1) is 10.7 Å². The van der Waals surface area contributed by atoms with Gasteiger partial charge in [-0.25, -0.2) is 14.4 Å². The summed E-state index contributed by atoms with van der Waals surface area (Å²) in [6, 6.07) is 6.57. The minimum atomic E-state index is -0.416. The first-order valence-electron chi connectivity index (χ1n) is 7.25. The summed E-state index contributed by atoms with van der Waals surface area (Å²) in [7, 11) is 0. The zero-order valence-electron chi connectivity index (χ0n) is 11.9. The van der Waals surface area contributed by atoms with Crippen molar-refractivity contribution in [2.24, 2.45) is 0 Å². The summed E-state index contributed by atoms with van der Waals surface area (Å²) < 4.78 is 13.3. The summed E-state index contributed by atoms with van der Waals surface area (Å²) >= 11 is 5.87. The Morgan fingerprint density at radius 2 is 2.10 bits per heavy atom. The molecule has 0 radical (unpaired) electrons. The van der Waals surface area contributed by atoms with Gasteiger partial charge in [-0.15, -0.1) is 0 Å². The molecule has 1 aliphatic carbocycles. The van der Waals surface area contributed by atoms with Crippen LogP contribution in [0, 0.1) is 5.82 Å². The maximum atomic E-state index is 13.3. The van der Waals surface area contributed by atoms with Gasteiger partial charge < -0.3 is 5.32 Å². The zero-order chi connectivity index (χ0) is 14.8. The van der Waals surface area contributed by atoms with E-state index in [0.29, 0.717) is 5.92 Å². The van der Waals surface area contributed by atoms with Gasteiger partial charge in [-0.2, -0.15) is 0 Å². The van der Waals surface area contributed by atoms with Gasteiger partial charge in [0.1, 0.15) is 17.5 Å². The van der Waals surface area contributed by atoms with Crippen LogP contribution in [0.5, 0.6) is 0 Å². The molecule has 0 saturated heterocycles. The minimum Gasteiger partial charge on any atom is -0.370 e. The Bertz CT molecular complexity index is 656. The van der Waals surface area contributed by atoms with Gasteiger partial charge in [0, 0.05) is 24.1 Å². The fraction of sp³-hybridized carbons (Fsp3) is 0.375. The largest absolute Gasteiger partial charge is 0.370 e. The molecule has 0 unspecified atom stereocenters. The van der Waals surface area contributed by atoms with E-state index in [0.717, 1.165) is 48.7 Å². The van der Waals surface area contributed by atoms with Crippen molar-refractivity contribution in [3.05, 3.63) is 40.9 Å². The summed E-state index contributed by atoms with van der Waals surface area (Å²) in [5.41, 5.74) is 1.60. The summed E-state index contributed by atoms with van der Waals surface area (Å²) in [4.78, 5) is 9.18. The molecule has 21 heavy (non-hydrogen) atoms. The summed E-state index contributed by atoms with van der Waals surface area (Å²) in [6.45, 7) is 2.97. The fourth-order valence-electron chi connectivity index (χ4n) is 2.14. The summed E-state index contributed by atoms with van der Waals surface area (Å²) in [6.07, 6.45) is 3.31. The van der Waals surface area contributed by atoms with Crippen molar-refractivity contribution in [3.63, 3.8) is 0 Å². The average molecular weight is 306 g/mol. The molecule has 1 aliphatic rings. The molecule has 0 atom stereocenters. The standard InChI is InChI=1S/C16H17ClFN3/c1-2-7-19-15-9-14(20-16(21-15)10-3-4-10)11-5-6-13(18)12(17)8-11/h5-6,8-10H,2-4,7H2,1H3,(H,19,20,21). The molecule has 0 amide bonds. The number of benzene rings is 1. The van der Waals surface area contributed by atoms with Crippen molar-refractivity contribution >= 4 is 17.4 Å². The average Bonchev–Trinajstić information content (AvgIpc) is 3.32. The van der Waals surface area contributed by atoms with Crippen LogP contribution in [0.25, 0.3) is 11.3 Å². The quantitative estimate of drug-likeness (QED) is 0.874. The fourth-order valence-corrected chi connectivity index (χ4v) is 2.32. The van der Waals surface area contributed by atoms with Crippen molar-refractivity contribution < 1.29 is 4.39 Å². The zero-order valence-corrected chi connectivity index (χ0v) is 12.6. The monoisotopic (exact) mass is 305 g/mol. The number of hydrogen-bond donors (Lipinski definition) is 1. The Morgan fingerprint density at radius 1 is 1.29 bits per heavy atom. The Balaban J connectivity index is 1.99. The van der Waals surface area contributed by atoms with E-state index in [-0.39, 0.29) is 5.02 Å². The van der Waals surface area contributed by atoms with E-state index in [2.05, 4.69) is 22.2 Å². The predicted octanol–water partition coefficient (Wildman–Crippen LogP) is 4.64. The first-order chi connectivity index (χ1) is 10.2. The first-order valence-corrected chi connectivity index (χ1v) is 7.63. The molecule has 3 rings (SSSR count). The molecular formula is C16H17ClFN3. The van der Waals surface area contributed by atoms with Crippen LogP contribution in [0.1, 0.15) is 37.9 Å². The van der Waals surface area contributed by atoms with E-state index in [1.54, 1.807) is 12.1 Å². The second-order valence-electron chi connectivity index (χ2n) is 5.33. The van der Waals surface area contributed by atoms with Crippen molar-refractivity contribution in [2.75, 3.05) is 11.9 Å². The summed E-state index contributed by atoms with van der Waals surface area (Å²) in [5, 5.41) is 3.41. The van der Waals surface area contributed by atoms with Crippen LogP contribution in [-0.4, -0.2) is 16.5 Å². The van der Waals surface area contributed by atoms with E-state index in [1.165, 1.54) is 6.07 Å². The van der Waals surface area contributed by atoms with Crippen LogP contribution in [0.2, 0.25) is 5.02 Å². The molecule has 5 heteroatoms. The SMILES string of the molecule is CCCNc1cc(-c2ccc(F)c(Cl)c2)nc(C2CC2)n1. The number of halogens is 2. The topological polar surface area (TPSA) is 37.8 Å². The van der Waals surface area contributed by atoms with Crippen molar-refractivity contribution in [1.29, 1.82) is 0 Å². The molecule has 1 heterocycles. The molecule has 1 aromatic carbocycles. The second-order valence-corrected chi connectivity index (χ2v) is 5.73. The molecule has 110 valence electrons. The van der Waals surface area contributed by atoms with Gasteiger partial charge in [-0.05, 0) is 37.5 Å². The third-order valence-electron chi connectivity index (χ3n) is 3.46. The highest BCUT2D eigenvalue weighted by atomic mass is 35.5. The van der Waals surface area contributed by atoms with Crippen LogP contribution in [0.4, 0.5) is 10.2 Å². The third kappa shape index (κ3) is 3.32. The Labute approximate surface area is 128 Å². The van der Waals surface area contributed by atoms with E-state index < -0.39 is 5.82 Å². The Hall–Kier alpha value is -1.68. The molecular weight excluding hydrogens is 289 g/mol. The number of anilines is 1. The van der Waals surface area contributed by atoms with Gasteiger partial charge in [0.15, 0.2) is 0 Å². The van der Waals surface area contributed by atoms with Crippen LogP contribution in [-0.2, 0) is 0 Å². The van der Waals surface area contributed by atoms with Crippen molar-refractivity contribution in [3.8, 4) is 11.3 Å². The second kappa shape index (κ2) is 5.98. The van der Waals surface area contributed by atoms with Gasteiger partial charge in [-0.1, -0.05) is 18.5 Å². The predicted molar refractivity (Wildman–Crippen MR) is 83.2 cm³/mol. The maximum absolute atomic E-state index is 13.3. The van der Waals surface area contributed by atoms with Crippen LogP contribution in [0.15, 0.2) is 24.3 Å². The number of rotatable bonds is 5. The lowest BCUT2D eigenvalue weighted by Crippen LogP contribution is -2.05. The van der Waals surface area contributed by atoms with Crippen molar-refractivity contribution in [1.82, 2.24) is 9.97 Å². The third-order valence-corrected chi connectivity index (χ3v) is 3.75. The van der Waals surface area contributed by atoms with Gasteiger partial charge in [0.2, 0.25) is 0 Å². The molecule has 0 bridgehead atoms. The lowest BCUT2D eigenvalue weighted by atomic mass is 10.1. The van der Waals surface area contributed by atoms with Crippen LogP contribution >= 0.6 is 11.6 Å². The van der Waals surface area contributed by atoms with E-state index >= 15 is 0 Å². The molecule has 1 aromatic heterocycles. The minimum absolute atomic E-state index is 0.113. The van der Waals surface area contributed by atoms with Gasteiger partial charge >= 0.3 is 0 Å². The number of nitrogens with one attached hydrogen (secondary N) is 1. The van der Waals surface area contributed by atoms with E-state index in [4.69, 9.17) is 11.6 Å². The highest BCUT2D eigenvalue weighted by Crippen LogP contribution is 2.39. The highest BCUT2D eigenvalue weighted by molar-refractivity contribution is 6.31. The van der Waals surface area contributed by atoms with Crippen LogP contribution in [0.3, 0.4) is 0 Å². The van der Waals surface area contributed by atoms with E-state index in [9.17, 15) is 4.39 Å². The van der Waals surface area contributed by atoms with Gasteiger partial charge in [-0.3, -0.25) is 0 Å². The smallest absolute Gasteiger partial charge is 0.141 e. The maximum Gasteiger partial charge on any atom is 0.141 e. The van der Waals surface area contributed by atoms with Crippen LogP contribution < -0.4 is 5.32 Å². The number of hydrogen-bond acceptors (Lipinski definition) is 3. The molecule has 1 saturated carbocycles. The summed E-state index contributed by atoms with van der Waals surface area (Å²) in [5.74, 6) is 1.74. The lowest BCUT2D eigenvalue weighted by Gasteiger charge is -2.10. The Kier molecular flexibility index (Phi) is 4.06. The number of aromatic nitrogens is 2. The highest BCUT2D eigenvalue weighted by Gasteiger charge is 2.27. The van der Waals surface area contributed by atoms with Crippen molar-refractivity contribution in [2.45, 2.75) is 32.1 Å². The first kappa shape index (κ1) is 14.3. The normalized spacial score (nSPS) is 14.2. The Morgan fingerprint density at radius 3 is 2.76 bits per heavy atom. The molecule has 1 fully saturated rings. The van der Waals surface area contributed by atoms with E-state index in [1.807, 2.05) is 6.07 Å². The van der Waals surface area contributed by atoms with Gasteiger partial charge in [0.25, 0.3) is 0 Å². The molecule has 0 aliphatic heterocycles. The number of nitrogens with zero attached hydrogens (tertiary/aromatic N) is 2. The lowest BCUT2D eigenvalue weighted by molar-refractivity contribution is 0.628. The molecule has 0 spiro atoms. The molecule has 1 N–H and O–H groups in total. The molecule has 2 aromatic rings.